The number of primary amides is 1. The van der Waals surface area contributed by atoms with Crippen molar-refractivity contribution in [2.45, 2.75) is 33.2 Å². The fourth-order valence-electron chi connectivity index (χ4n) is 3.24. The third-order valence-electron chi connectivity index (χ3n) is 4.59. The number of methoxy groups -OCH3 is 1. The summed E-state index contributed by atoms with van der Waals surface area (Å²) in [6.45, 7) is 4.39. The number of carbonyl (C=O) groups is 1. The van der Waals surface area contributed by atoms with Crippen LogP contribution in [0.15, 0.2) is 46.8 Å². The molecule has 1 aliphatic rings. The largest absolute Gasteiger partial charge is 0.467 e. The molecule has 10 nitrogen and oxygen atoms in total. The molecule has 0 bridgehead atoms. The number of aromatic nitrogens is 4. The summed E-state index contributed by atoms with van der Waals surface area (Å²) >= 11 is 0. The zero-order chi connectivity index (χ0) is 21.3. The van der Waals surface area contributed by atoms with Gasteiger partial charge in [-0.05, 0) is 13.8 Å². The van der Waals surface area contributed by atoms with E-state index in [-0.39, 0.29) is 12.2 Å². The van der Waals surface area contributed by atoms with E-state index < -0.39 is 12.1 Å². The van der Waals surface area contributed by atoms with Gasteiger partial charge in [-0.15, -0.1) is 5.10 Å². The fourth-order valence-corrected chi connectivity index (χ4v) is 3.24. The quantitative estimate of drug-likeness (QED) is 0.626. The summed E-state index contributed by atoms with van der Waals surface area (Å²) < 4.78 is 16.4. The topological polar surface area (TPSA) is 122 Å². The minimum atomic E-state index is -0.610. The van der Waals surface area contributed by atoms with Crippen molar-refractivity contribution >= 4 is 17.5 Å². The normalized spacial score (nSPS) is 16.2. The Balaban J connectivity index is 1.62. The van der Waals surface area contributed by atoms with E-state index in [0.717, 1.165) is 11.1 Å². The van der Waals surface area contributed by atoms with E-state index in [1.807, 2.05) is 38.1 Å². The SMILES string of the molecule is COCc1coc(Cn2ncc(N3C(C(N)=O)=C(c4ccc(C)cc4)OC3C)n2)n1. The highest BCUT2D eigenvalue weighted by Gasteiger charge is 2.37. The molecule has 1 atom stereocenters. The minimum absolute atomic E-state index is 0.229. The Bertz CT molecular complexity index is 1080. The van der Waals surface area contributed by atoms with Gasteiger partial charge in [-0.2, -0.15) is 9.90 Å². The molecule has 0 fully saturated rings. The van der Waals surface area contributed by atoms with Crippen molar-refractivity contribution in [1.82, 2.24) is 20.0 Å². The number of nitrogens with two attached hydrogens (primary N) is 1. The third-order valence-corrected chi connectivity index (χ3v) is 4.59. The van der Waals surface area contributed by atoms with E-state index in [2.05, 4.69) is 15.2 Å². The molecule has 3 heterocycles. The third kappa shape index (κ3) is 3.77. The zero-order valence-corrected chi connectivity index (χ0v) is 16.9. The molecule has 30 heavy (non-hydrogen) atoms. The summed E-state index contributed by atoms with van der Waals surface area (Å²) in [7, 11) is 1.59. The number of nitrogens with zero attached hydrogens (tertiary/aromatic N) is 5. The summed E-state index contributed by atoms with van der Waals surface area (Å²) in [5, 5.41) is 8.70. The van der Waals surface area contributed by atoms with Crippen LogP contribution in [0.1, 0.15) is 29.6 Å². The first kappa shape index (κ1) is 19.6. The summed E-state index contributed by atoms with van der Waals surface area (Å²) in [6, 6.07) is 7.67. The number of ether oxygens (including phenoxy) is 2. The van der Waals surface area contributed by atoms with Gasteiger partial charge in [-0.1, -0.05) is 29.8 Å². The molecular formula is C20H22N6O4. The number of carbonyl (C=O) groups excluding carboxylic acids is 1. The summed E-state index contributed by atoms with van der Waals surface area (Å²) in [6.07, 6.45) is 2.59. The average Bonchev–Trinajstić information content (AvgIpc) is 3.42. The van der Waals surface area contributed by atoms with Crippen LogP contribution < -0.4 is 10.6 Å². The van der Waals surface area contributed by atoms with Crippen LogP contribution in [0.5, 0.6) is 0 Å². The second-order valence-electron chi connectivity index (χ2n) is 6.89. The van der Waals surface area contributed by atoms with E-state index in [1.165, 1.54) is 11.1 Å². The molecule has 1 aromatic carbocycles. The number of benzene rings is 1. The predicted octanol–water partition coefficient (Wildman–Crippen LogP) is 1.81. The molecular weight excluding hydrogens is 388 g/mol. The molecule has 2 aromatic heterocycles. The summed E-state index contributed by atoms with van der Waals surface area (Å²) in [5.41, 5.74) is 8.48. The van der Waals surface area contributed by atoms with Gasteiger partial charge in [0.1, 0.15) is 18.5 Å². The Morgan fingerprint density at radius 1 is 1.30 bits per heavy atom. The lowest BCUT2D eigenvalue weighted by Gasteiger charge is -2.20. The Labute approximate surface area is 172 Å². The Morgan fingerprint density at radius 3 is 2.77 bits per heavy atom. The molecule has 156 valence electrons. The monoisotopic (exact) mass is 410 g/mol. The second-order valence-corrected chi connectivity index (χ2v) is 6.89. The van der Waals surface area contributed by atoms with Gasteiger partial charge >= 0.3 is 0 Å². The first-order valence-corrected chi connectivity index (χ1v) is 9.35. The fraction of sp³-hybridized carbons (Fsp3) is 0.300. The second kappa shape index (κ2) is 7.99. The van der Waals surface area contributed by atoms with Crippen molar-refractivity contribution in [3.63, 3.8) is 0 Å². The van der Waals surface area contributed by atoms with Crippen LogP contribution in [-0.4, -0.2) is 39.2 Å². The van der Waals surface area contributed by atoms with Gasteiger partial charge in [0, 0.05) is 12.7 Å². The first-order valence-electron chi connectivity index (χ1n) is 9.35. The standard InChI is InChI=1S/C20H22N6O4/c1-12-4-6-14(7-5-12)19-18(20(21)27)26(13(2)30-19)16-8-22-25(24-16)9-17-23-15(10-28-3)11-29-17/h4-8,11,13H,9-10H2,1-3H3,(H2,21,27). The lowest BCUT2D eigenvalue weighted by molar-refractivity contribution is -0.114. The highest BCUT2D eigenvalue weighted by Crippen LogP contribution is 2.35. The van der Waals surface area contributed by atoms with Crippen LogP contribution in [0, 0.1) is 6.92 Å². The lowest BCUT2D eigenvalue weighted by atomic mass is 10.1. The van der Waals surface area contributed by atoms with Gasteiger partial charge in [-0.3, -0.25) is 9.69 Å². The Kier molecular flexibility index (Phi) is 5.23. The molecule has 2 N–H and O–H groups in total. The van der Waals surface area contributed by atoms with Crippen molar-refractivity contribution in [3.05, 3.63) is 65.1 Å². The smallest absolute Gasteiger partial charge is 0.269 e. The maximum atomic E-state index is 12.3. The van der Waals surface area contributed by atoms with E-state index in [1.54, 1.807) is 18.2 Å². The summed E-state index contributed by atoms with van der Waals surface area (Å²) in [4.78, 5) is 19.7. The first-order chi connectivity index (χ1) is 14.5. The predicted molar refractivity (Wildman–Crippen MR) is 107 cm³/mol. The zero-order valence-electron chi connectivity index (χ0n) is 16.9. The molecule has 10 heteroatoms. The number of anilines is 1. The molecule has 4 rings (SSSR count). The van der Waals surface area contributed by atoms with Gasteiger partial charge < -0.3 is 19.6 Å². The van der Waals surface area contributed by atoms with Crippen molar-refractivity contribution in [2.24, 2.45) is 5.73 Å². The lowest BCUT2D eigenvalue weighted by Crippen LogP contribution is -2.34. The van der Waals surface area contributed by atoms with Gasteiger partial charge in [0.05, 0.1) is 12.8 Å². The van der Waals surface area contributed by atoms with Crippen LogP contribution in [0.25, 0.3) is 5.76 Å². The molecule has 0 saturated heterocycles. The number of hydrogen-bond donors (Lipinski definition) is 1. The molecule has 0 spiro atoms. The van der Waals surface area contributed by atoms with Crippen molar-refractivity contribution in [3.8, 4) is 0 Å². The summed E-state index contributed by atoms with van der Waals surface area (Å²) in [5.74, 6) is 0.686. The maximum absolute atomic E-state index is 12.3. The number of rotatable bonds is 7. The van der Waals surface area contributed by atoms with E-state index in [0.29, 0.717) is 29.8 Å². The molecule has 1 aliphatic heterocycles. The van der Waals surface area contributed by atoms with Gasteiger partial charge in [-0.25, -0.2) is 4.98 Å². The molecule has 0 saturated carbocycles. The maximum Gasteiger partial charge on any atom is 0.269 e. The molecule has 1 unspecified atom stereocenters. The van der Waals surface area contributed by atoms with Crippen LogP contribution in [-0.2, 0) is 27.4 Å². The Hall–Kier alpha value is -3.66. The van der Waals surface area contributed by atoms with Crippen molar-refractivity contribution < 1.29 is 18.7 Å². The highest BCUT2D eigenvalue weighted by atomic mass is 16.5. The molecule has 0 aliphatic carbocycles. The average molecular weight is 410 g/mol. The van der Waals surface area contributed by atoms with Gasteiger partial charge in [0.15, 0.2) is 23.5 Å². The van der Waals surface area contributed by atoms with Crippen LogP contribution in [0.2, 0.25) is 0 Å². The number of amides is 1. The number of hydrogen-bond acceptors (Lipinski definition) is 8. The molecule has 0 radical (unpaired) electrons. The van der Waals surface area contributed by atoms with Crippen LogP contribution in [0.4, 0.5) is 5.82 Å². The Morgan fingerprint density at radius 2 is 2.07 bits per heavy atom. The molecule has 1 amide bonds. The van der Waals surface area contributed by atoms with E-state index in [9.17, 15) is 4.79 Å². The molecule has 3 aromatic rings. The van der Waals surface area contributed by atoms with Gasteiger partial charge in [0.2, 0.25) is 5.89 Å². The highest BCUT2D eigenvalue weighted by molar-refractivity contribution is 6.03. The number of oxazole rings is 1. The minimum Gasteiger partial charge on any atom is -0.467 e. The van der Waals surface area contributed by atoms with Gasteiger partial charge in [0.25, 0.3) is 5.91 Å². The van der Waals surface area contributed by atoms with E-state index in [4.69, 9.17) is 19.6 Å². The van der Waals surface area contributed by atoms with Crippen LogP contribution >= 0.6 is 0 Å². The van der Waals surface area contributed by atoms with Crippen molar-refractivity contribution in [2.75, 3.05) is 12.0 Å². The number of aryl methyl sites for hydroxylation is 1. The van der Waals surface area contributed by atoms with Crippen LogP contribution in [0.3, 0.4) is 0 Å². The van der Waals surface area contributed by atoms with Crippen molar-refractivity contribution in [1.29, 1.82) is 0 Å². The van der Waals surface area contributed by atoms with E-state index >= 15 is 0 Å².